The molecule has 4 aromatic rings. The average Bonchev–Trinajstić information content (AvgIpc) is 3.40. The zero-order chi connectivity index (χ0) is 24.4. The Morgan fingerprint density at radius 2 is 1.91 bits per heavy atom. The first-order valence-corrected chi connectivity index (χ1v) is 11.3. The average molecular weight is 468 g/mol. The fourth-order valence-electron chi connectivity index (χ4n) is 3.90. The molecule has 9 heteroatoms. The largest absolute Gasteiger partial charge is 0.382 e. The number of morpholine rings is 1. The molecule has 3 N–H and O–H groups in total. The first kappa shape index (κ1) is 22.7. The number of anilines is 1. The molecule has 1 aliphatic heterocycles. The van der Waals surface area contributed by atoms with Crippen molar-refractivity contribution in [1.82, 2.24) is 25.4 Å². The van der Waals surface area contributed by atoms with Gasteiger partial charge in [0.05, 0.1) is 48.3 Å². The second-order valence-electron chi connectivity index (χ2n) is 8.94. The number of benzene rings is 1. The number of nitrogens with two attached hydrogens (primary N) is 1. The van der Waals surface area contributed by atoms with Crippen LogP contribution in [0.25, 0.3) is 34.0 Å². The number of hydrogen-bond acceptors (Lipinski definition) is 9. The van der Waals surface area contributed by atoms with E-state index in [9.17, 15) is 5.26 Å². The Kier molecular flexibility index (Phi) is 5.99. The number of aromatic nitrogens is 4. The van der Waals surface area contributed by atoms with E-state index in [1.54, 1.807) is 18.5 Å². The fourth-order valence-corrected chi connectivity index (χ4v) is 3.90. The molecule has 1 saturated heterocycles. The predicted octanol–water partition coefficient (Wildman–Crippen LogP) is 3.90. The zero-order valence-corrected chi connectivity index (χ0v) is 19.5. The molecule has 1 fully saturated rings. The fraction of sp³-hybridized carbons (Fsp3) is 0.269. The minimum atomic E-state index is -0.727. The van der Waals surface area contributed by atoms with Crippen LogP contribution in [0.15, 0.2) is 59.4 Å². The molecule has 1 atom stereocenters. The summed E-state index contributed by atoms with van der Waals surface area (Å²) in [6, 6.07) is 16.1. The van der Waals surface area contributed by atoms with E-state index in [0.29, 0.717) is 35.1 Å². The zero-order valence-electron chi connectivity index (χ0n) is 19.5. The van der Waals surface area contributed by atoms with Crippen LogP contribution in [0.4, 0.5) is 5.82 Å². The summed E-state index contributed by atoms with van der Waals surface area (Å²) in [4.78, 5) is 13.3. The van der Waals surface area contributed by atoms with Gasteiger partial charge in [0.2, 0.25) is 0 Å². The Morgan fingerprint density at radius 3 is 2.66 bits per heavy atom. The molecule has 0 radical (unpaired) electrons. The van der Waals surface area contributed by atoms with Gasteiger partial charge in [-0.3, -0.25) is 4.98 Å². The number of ether oxygens (including phenoxy) is 1. The van der Waals surface area contributed by atoms with Crippen molar-refractivity contribution in [3.05, 3.63) is 66.1 Å². The van der Waals surface area contributed by atoms with E-state index in [1.807, 2.05) is 38.1 Å². The number of rotatable bonds is 5. The lowest BCUT2D eigenvalue weighted by Gasteiger charge is -2.24. The molecule has 35 heavy (non-hydrogen) atoms. The molecule has 0 saturated carbocycles. The van der Waals surface area contributed by atoms with Crippen LogP contribution in [-0.2, 0) is 10.2 Å². The van der Waals surface area contributed by atoms with Crippen molar-refractivity contribution in [2.24, 2.45) is 0 Å². The molecule has 4 heterocycles. The molecular formula is C26H25N7O2. The van der Waals surface area contributed by atoms with Crippen molar-refractivity contribution in [2.45, 2.75) is 25.3 Å². The van der Waals surface area contributed by atoms with Crippen LogP contribution >= 0.6 is 0 Å². The topological polar surface area (TPSA) is 136 Å². The third-order valence-electron chi connectivity index (χ3n) is 6.05. The summed E-state index contributed by atoms with van der Waals surface area (Å²) in [5.74, 6) is 0.659. The van der Waals surface area contributed by atoms with Crippen LogP contribution in [0.3, 0.4) is 0 Å². The van der Waals surface area contributed by atoms with Gasteiger partial charge in [-0.15, -0.1) is 0 Å². The Balaban J connectivity index is 1.42. The highest BCUT2D eigenvalue weighted by Crippen LogP contribution is 2.31. The molecule has 0 amide bonds. The lowest BCUT2D eigenvalue weighted by molar-refractivity contribution is 0.0769. The van der Waals surface area contributed by atoms with E-state index in [-0.39, 0.29) is 11.9 Å². The molecule has 0 spiro atoms. The number of pyridine rings is 1. The van der Waals surface area contributed by atoms with E-state index in [1.165, 1.54) is 0 Å². The van der Waals surface area contributed by atoms with E-state index in [2.05, 4.69) is 43.6 Å². The number of hydrogen-bond donors (Lipinski definition) is 2. The number of nitrogen functional groups attached to an aromatic ring is 1. The third-order valence-corrected chi connectivity index (χ3v) is 6.05. The lowest BCUT2D eigenvalue weighted by atomic mass is 9.90. The van der Waals surface area contributed by atoms with Gasteiger partial charge in [-0.25, -0.2) is 9.97 Å². The minimum Gasteiger partial charge on any atom is -0.382 e. The lowest BCUT2D eigenvalue weighted by Crippen LogP contribution is -2.34. The van der Waals surface area contributed by atoms with E-state index in [0.717, 1.165) is 29.8 Å². The van der Waals surface area contributed by atoms with Crippen LogP contribution in [0.2, 0.25) is 0 Å². The molecule has 0 aliphatic carbocycles. The van der Waals surface area contributed by atoms with Gasteiger partial charge >= 0.3 is 0 Å². The Bertz CT molecular complexity index is 1380. The number of nitrogens with one attached hydrogen (secondary N) is 1. The molecule has 1 aliphatic rings. The summed E-state index contributed by atoms with van der Waals surface area (Å²) in [7, 11) is 0. The van der Waals surface area contributed by atoms with Crippen molar-refractivity contribution in [1.29, 1.82) is 5.26 Å². The van der Waals surface area contributed by atoms with Gasteiger partial charge in [-0.2, -0.15) is 5.26 Å². The molecule has 9 nitrogen and oxygen atoms in total. The van der Waals surface area contributed by atoms with Gasteiger partial charge in [0.25, 0.3) is 0 Å². The first-order chi connectivity index (χ1) is 16.9. The number of nitriles is 1. The van der Waals surface area contributed by atoms with E-state index in [4.69, 9.17) is 15.0 Å². The van der Waals surface area contributed by atoms with Gasteiger partial charge in [-0.1, -0.05) is 29.4 Å². The van der Waals surface area contributed by atoms with Crippen LogP contribution in [0.5, 0.6) is 0 Å². The van der Waals surface area contributed by atoms with E-state index >= 15 is 0 Å². The Morgan fingerprint density at radius 1 is 1.09 bits per heavy atom. The number of nitrogens with zero attached hydrogens (tertiary/aromatic N) is 5. The van der Waals surface area contributed by atoms with Crippen molar-refractivity contribution in [3.63, 3.8) is 0 Å². The molecule has 1 unspecified atom stereocenters. The monoisotopic (exact) mass is 467 g/mol. The summed E-state index contributed by atoms with van der Waals surface area (Å²) >= 11 is 0. The maximum Gasteiger partial charge on any atom is 0.189 e. The molecular weight excluding hydrogens is 442 g/mol. The summed E-state index contributed by atoms with van der Waals surface area (Å²) in [6.45, 7) is 5.89. The van der Waals surface area contributed by atoms with Gasteiger partial charge in [0.15, 0.2) is 17.3 Å². The van der Waals surface area contributed by atoms with Gasteiger partial charge in [-0.05, 0) is 31.5 Å². The van der Waals surface area contributed by atoms with Crippen molar-refractivity contribution < 1.29 is 9.26 Å². The molecule has 0 bridgehead atoms. The van der Waals surface area contributed by atoms with Crippen LogP contribution in [0, 0.1) is 11.3 Å². The van der Waals surface area contributed by atoms with Crippen molar-refractivity contribution in [3.8, 4) is 40.0 Å². The predicted molar refractivity (Wildman–Crippen MR) is 131 cm³/mol. The SMILES string of the molecule is CC(C)(C#N)c1cc(-c2cnc(N)c(-c3cc(-c4ccc(C5COCCN5)cc4)no3)n2)ccn1. The van der Waals surface area contributed by atoms with Crippen LogP contribution in [0.1, 0.15) is 31.1 Å². The highest BCUT2D eigenvalue weighted by atomic mass is 16.5. The Hall–Kier alpha value is -4.13. The molecule has 3 aromatic heterocycles. The standard InChI is InChI=1S/C26H25N7O2/c1-26(2,15-27)23-11-18(7-8-30-23)20-13-31-25(28)24(32-20)22-12-19(33-35-22)16-3-5-17(6-4-16)21-14-34-10-9-29-21/h3-8,11-13,21,29H,9-10,14H2,1-2H3,(H2,28,31). The summed E-state index contributed by atoms with van der Waals surface area (Å²) in [5, 5.41) is 17.1. The maximum absolute atomic E-state index is 9.45. The molecule has 1 aromatic carbocycles. The smallest absolute Gasteiger partial charge is 0.189 e. The second-order valence-corrected chi connectivity index (χ2v) is 8.94. The third kappa shape index (κ3) is 4.62. The normalized spacial score (nSPS) is 16.1. The first-order valence-electron chi connectivity index (χ1n) is 11.3. The van der Waals surface area contributed by atoms with Crippen LogP contribution < -0.4 is 11.1 Å². The Labute approximate surface area is 203 Å². The van der Waals surface area contributed by atoms with Gasteiger partial charge in [0, 0.05) is 29.9 Å². The highest BCUT2D eigenvalue weighted by molar-refractivity contribution is 5.73. The van der Waals surface area contributed by atoms with Crippen LogP contribution in [-0.4, -0.2) is 39.9 Å². The molecule has 5 rings (SSSR count). The van der Waals surface area contributed by atoms with E-state index < -0.39 is 5.41 Å². The minimum absolute atomic E-state index is 0.191. The quantitative estimate of drug-likeness (QED) is 0.448. The summed E-state index contributed by atoms with van der Waals surface area (Å²) in [5.41, 5.74) is 10.6. The highest BCUT2D eigenvalue weighted by Gasteiger charge is 2.23. The van der Waals surface area contributed by atoms with Gasteiger partial charge in [0.1, 0.15) is 5.69 Å². The summed E-state index contributed by atoms with van der Waals surface area (Å²) in [6.07, 6.45) is 3.25. The molecule has 176 valence electrons. The maximum atomic E-state index is 9.45. The second kappa shape index (κ2) is 9.25. The van der Waals surface area contributed by atoms with Crippen molar-refractivity contribution in [2.75, 3.05) is 25.5 Å². The van der Waals surface area contributed by atoms with Crippen molar-refractivity contribution >= 4 is 5.82 Å². The van der Waals surface area contributed by atoms with Gasteiger partial charge < -0.3 is 20.3 Å². The summed E-state index contributed by atoms with van der Waals surface area (Å²) < 4.78 is 11.2.